The maximum atomic E-state index is 14.4. The molecule has 0 fully saturated rings. The summed E-state index contributed by atoms with van der Waals surface area (Å²) in [4.78, 5) is 32.6. The Labute approximate surface area is 193 Å². The van der Waals surface area contributed by atoms with E-state index in [1.54, 1.807) is 24.4 Å². The number of nitrogens with one attached hydrogen (secondary N) is 3. The lowest BCUT2D eigenvalue weighted by Gasteiger charge is -2.18. The number of aryl methyl sites for hydroxylation is 1. The molecule has 3 aromatic rings. The van der Waals surface area contributed by atoms with Gasteiger partial charge in [0.25, 0.3) is 0 Å². The molecule has 2 heterocycles. The first-order valence-electron chi connectivity index (χ1n) is 11.0. The molecule has 0 atom stereocenters. The minimum atomic E-state index is -0.516. The van der Waals surface area contributed by atoms with Crippen LogP contribution in [0.25, 0.3) is 22.0 Å². The Hall–Kier alpha value is -3.55. The van der Waals surface area contributed by atoms with Gasteiger partial charge in [-0.2, -0.15) is 0 Å². The second kappa shape index (κ2) is 9.94. The standard InChI is InChI=1S/C25H30FN5O2/c1-6-20-18(11-17-14-28-23(29-15(2)32)13-21(17)30-20)16-7-8-19(26)22(12-16)31-24(33)27-10-9-25(3,4)5/h7-8,11-14H,6,9-10H2,1-5H3,(H2,27,31,33)(H,28,29,32). The van der Waals surface area contributed by atoms with Crippen LogP contribution in [0, 0.1) is 11.2 Å². The van der Waals surface area contributed by atoms with Crippen molar-refractivity contribution in [2.24, 2.45) is 5.41 Å². The molecule has 3 rings (SSSR count). The zero-order valence-electron chi connectivity index (χ0n) is 19.7. The van der Waals surface area contributed by atoms with Crippen LogP contribution in [0.3, 0.4) is 0 Å². The van der Waals surface area contributed by atoms with Crippen molar-refractivity contribution in [2.75, 3.05) is 17.2 Å². The van der Waals surface area contributed by atoms with Crippen molar-refractivity contribution >= 4 is 34.3 Å². The molecule has 8 heteroatoms. The Bertz CT molecular complexity index is 1190. The van der Waals surface area contributed by atoms with Gasteiger partial charge in [0.05, 0.1) is 11.2 Å². The number of hydrogen-bond donors (Lipinski definition) is 3. The number of anilines is 2. The normalized spacial score (nSPS) is 11.3. The monoisotopic (exact) mass is 451 g/mol. The largest absolute Gasteiger partial charge is 0.338 e. The number of benzene rings is 1. The fourth-order valence-corrected chi connectivity index (χ4v) is 3.38. The number of carbonyl (C=O) groups is 2. The lowest BCUT2D eigenvalue weighted by atomic mass is 9.92. The summed E-state index contributed by atoms with van der Waals surface area (Å²) in [6.07, 6.45) is 3.10. The first kappa shape index (κ1) is 24.1. The van der Waals surface area contributed by atoms with Crippen LogP contribution in [0.5, 0.6) is 0 Å². The Kier molecular flexibility index (Phi) is 7.26. The van der Waals surface area contributed by atoms with Crippen molar-refractivity contribution in [3.05, 3.63) is 48.0 Å². The molecule has 0 aliphatic heterocycles. The highest BCUT2D eigenvalue weighted by molar-refractivity contribution is 5.93. The van der Waals surface area contributed by atoms with Gasteiger partial charge in [-0.1, -0.05) is 33.8 Å². The van der Waals surface area contributed by atoms with Gasteiger partial charge in [-0.15, -0.1) is 0 Å². The van der Waals surface area contributed by atoms with E-state index in [1.807, 2.05) is 13.0 Å². The molecule has 0 spiro atoms. The van der Waals surface area contributed by atoms with Crippen LogP contribution in [0.1, 0.15) is 46.7 Å². The Morgan fingerprint density at radius 1 is 1.09 bits per heavy atom. The van der Waals surface area contributed by atoms with Gasteiger partial charge in [-0.05, 0) is 42.0 Å². The van der Waals surface area contributed by atoms with Crippen molar-refractivity contribution in [3.63, 3.8) is 0 Å². The minimum absolute atomic E-state index is 0.0931. The highest BCUT2D eigenvalue weighted by Gasteiger charge is 2.14. The molecule has 0 aliphatic carbocycles. The quantitative estimate of drug-likeness (QED) is 0.460. The van der Waals surface area contributed by atoms with Gasteiger partial charge in [0.1, 0.15) is 11.6 Å². The van der Waals surface area contributed by atoms with E-state index in [9.17, 15) is 14.0 Å². The van der Waals surface area contributed by atoms with E-state index < -0.39 is 11.8 Å². The third-order valence-corrected chi connectivity index (χ3v) is 5.10. The van der Waals surface area contributed by atoms with E-state index in [0.717, 1.165) is 28.6 Å². The topological polar surface area (TPSA) is 96.0 Å². The van der Waals surface area contributed by atoms with Crippen molar-refractivity contribution < 1.29 is 14.0 Å². The van der Waals surface area contributed by atoms with Gasteiger partial charge < -0.3 is 16.0 Å². The molecule has 1 aromatic carbocycles. The van der Waals surface area contributed by atoms with E-state index in [4.69, 9.17) is 4.98 Å². The number of rotatable bonds is 6. The van der Waals surface area contributed by atoms with Crippen molar-refractivity contribution in [1.29, 1.82) is 0 Å². The maximum Gasteiger partial charge on any atom is 0.319 e. The van der Waals surface area contributed by atoms with Crippen molar-refractivity contribution in [3.8, 4) is 11.1 Å². The van der Waals surface area contributed by atoms with Gasteiger partial charge in [0, 0.05) is 42.4 Å². The fraction of sp³-hybridized carbons (Fsp3) is 0.360. The molecule has 3 N–H and O–H groups in total. The zero-order chi connectivity index (χ0) is 24.2. The molecule has 0 radical (unpaired) electrons. The molecule has 0 saturated heterocycles. The SMILES string of the molecule is CCc1nc2cc(NC(C)=O)ncc2cc1-c1ccc(F)c(NC(=O)NCCC(C)(C)C)c1. The third kappa shape index (κ3) is 6.47. The summed E-state index contributed by atoms with van der Waals surface area (Å²) >= 11 is 0. The van der Waals surface area contributed by atoms with Crippen LogP contribution in [-0.4, -0.2) is 28.5 Å². The number of amides is 3. The Morgan fingerprint density at radius 3 is 2.52 bits per heavy atom. The summed E-state index contributed by atoms with van der Waals surface area (Å²) in [6, 6.07) is 7.82. The minimum Gasteiger partial charge on any atom is -0.338 e. The second-order valence-corrected chi connectivity index (χ2v) is 9.17. The molecule has 0 saturated carbocycles. The number of carbonyl (C=O) groups excluding carboxylic acids is 2. The lowest BCUT2D eigenvalue weighted by Crippen LogP contribution is -2.31. The van der Waals surface area contributed by atoms with Crippen LogP contribution in [-0.2, 0) is 11.2 Å². The van der Waals surface area contributed by atoms with Crippen LogP contribution >= 0.6 is 0 Å². The lowest BCUT2D eigenvalue weighted by molar-refractivity contribution is -0.114. The molecule has 0 bridgehead atoms. The summed E-state index contributed by atoms with van der Waals surface area (Å²) in [7, 11) is 0. The van der Waals surface area contributed by atoms with E-state index >= 15 is 0 Å². The summed E-state index contributed by atoms with van der Waals surface area (Å²) in [5, 5.41) is 8.83. The smallest absolute Gasteiger partial charge is 0.319 e. The molecule has 7 nitrogen and oxygen atoms in total. The summed E-state index contributed by atoms with van der Waals surface area (Å²) in [5.74, 6) is -0.288. The number of hydrogen-bond acceptors (Lipinski definition) is 4. The van der Waals surface area contributed by atoms with Gasteiger partial charge in [-0.3, -0.25) is 9.78 Å². The highest BCUT2D eigenvalue weighted by Crippen LogP contribution is 2.30. The summed E-state index contributed by atoms with van der Waals surface area (Å²) < 4.78 is 14.4. The fourth-order valence-electron chi connectivity index (χ4n) is 3.38. The Morgan fingerprint density at radius 2 is 1.85 bits per heavy atom. The van der Waals surface area contributed by atoms with E-state index in [0.29, 0.717) is 24.3 Å². The van der Waals surface area contributed by atoms with Crippen molar-refractivity contribution in [1.82, 2.24) is 15.3 Å². The number of halogens is 1. The average Bonchev–Trinajstić information content (AvgIpc) is 2.73. The van der Waals surface area contributed by atoms with E-state index in [1.165, 1.54) is 13.0 Å². The molecule has 0 aliphatic rings. The predicted molar refractivity (Wildman–Crippen MR) is 130 cm³/mol. The third-order valence-electron chi connectivity index (χ3n) is 5.10. The van der Waals surface area contributed by atoms with Gasteiger partial charge in [-0.25, -0.2) is 14.2 Å². The molecule has 0 unspecified atom stereocenters. The van der Waals surface area contributed by atoms with Crippen LogP contribution in [0.15, 0.2) is 36.5 Å². The summed E-state index contributed by atoms with van der Waals surface area (Å²) in [6.45, 7) is 10.2. The molecule has 3 amide bonds. The summed E-state index contributed by atoms with van der Waals surface area (Å²) in [5.41, 5.74) is 3.27. The number of aromatic nitrogens is 2. The number of fused-ring (bicyclic) bond motifs is 1. The van der Waals surface area contributed by atoms with Crippen LogP contribution in [0.2, 0.25) is 0 Å². The first-order valence-corrected chi connectivity index (χ1v) is 11.0. The average molecular weight is 452 g/mol. The van der Waals surface area contributed by atoms with E-state index in [-0.39, 0.29) is 17.0 Å². The zero-order valence-corrected chi connectivity index (χ0v) is 19.7. The van der Waals surface area contributed by atoms with E-state index in [2.05, 4.69) is 41.7 Å². The number of nitrogens with zero attached hydrogens (tertiary/aromatic N) is 2. The van der Waals surface area contributed by atoms with Crippen LogP contribution in [0.4, 0.5) is 20.7 Å². The Balaban J connectivity index is 1.88. The first-order chi connectivity index (χ1) is 15.6. The maximum absolute atomic E-state index is 14.4. The predicted octanol–water partition coefficient (Wildman–Crippen LogP) is 5.51. The molecular formula is C25H30FN5O2. The number of urea groups is 1. The second-order valence-electron chi connectivity index (χ2n) is 9.17. The molecule has 2 aromatic heterocycles. The van der Waals surface area contributed by atoms with Crippen LogP contribution < -0.4 is 16.0 Å². The van der Waals surface area contributed by atoms with Gasteiger partial charge in [0.2, 0.25) is 5.91 Å². The number of pyridine rings is 2. The molecule has 174 valence electrons. The molecular weight excluding hydrogens is 421 g/mol. The highest BCUT2D eigenvalue weighted by atomic mass is 19.1. The molecule has 33 heavy (non-hydrogen) atoms. The van der Waals surface area contributed by atoms with Gasteiger partial charge in [0.15, 0.2) is 0 Å². The van der Waals surface area contributed by atoms with Gasteiger partial charge >= 0.3 is 6.03 Å². The van der Waals surface area contributed by atoms with Crippen molar-refractivity contribution in [2.45, 2.75) is 47.5 Å².